The molecule has 0 aromatic carbocycles. The fourth-order valence-electron chi connectivity index (χ4n) is 0.716. The molecular formula is C6H8ClNO3S2. The normalized spacial score (nSPS) is 11.9. The number of thiophene rings is 1. The van der Waals surface area contributed by atoms with Crippen LogP contribution < -0.4 is 5.14 Å². The van der Waals surface area contributed by atoms with Crippen molar-refractivity contribution in [2.75, 3.05) is 0 Å². The Morgan fingerprint density at radius 3 is 2.69 bits per heavy atom. The molecule has 0 fully saturated rings. The lowest BCUT2D eigenvalue weighted by Gasteiger charge is -1.98. The minimum Gasteiger partial charge on any atom is -0.253 e. The Kier molecular flexibility index (Phi) is 3.31. The van der Waals surface area contributed by atoms with E-state index in [1.54, 1.807) is 0 Å². The first kappa shape index (κ1) is 10.9. The van der Waals surface area contributed by atoms with Crippen molar-refractivity contribution in [3.63, 3.8) is 0 Å². The molecule has 1 heterocycles. The number of hydrogen-bond acceptors (Lipinski definition) is 4. The van der Waals surface area contributed by atoms with Gasteiger partial charge >= 0.3 is 10.3 Å². The number of nitrogens with two attached hydrogens (primary N) is 1. The molecule has 4 nitrogen and oxygen atoms in total. The fraction of sp³-hybridized carbons (Fsp3) is 0.333. The summed E-state index contributed by atoms with van der Waals surface area (Å²) in [4.78, 5) is 0.660. The summed E-state index contributed by atoms with van der Waals surface area (Å²) in [5, 5.41) is 7.01. The second-order valence-electron chi connectivity index (χ2n) is 2.41. The van der Waals surface area contributed by atoms with Crippen LogP contribution in [0.3, 0.4) is 0 Å². The third-order valence-corrected chi connectivity index (χ3v) is 3.49. The summed E-state index contributed by atoms with van der Waals surface area (Å²) in [6.07, 6.45) is 0. The van der Waals surface area contributed by atoms with Crippen LogP contribution in [0.5, 0.6) is 0 Å². The SMILES string of the molecule is Cc1csc(COS(N)(=O)=O)c1Cl. The Morgan fingerprint density at radius 2 is 2.31 bits per heavy atom. The smallest absolute Gasteiger partial charge is 0.253 e. The molecule has 1 aromatic heterocycles. The van der Waals surface area contributed by atoms with Crippen molar-refractivity contribution in [3.05, 3.63) is 20.8 Å². The summed E-state index contributed by atoms with van der Waals surface area (Å²) in [5.41, 5.74) is 0.902. The third-order valence-electron chi connectivity index (χ3n) is 1.32. The largest absolute Gasteiger partial charge is 0.333 e. The van der Waals surface area contributed by atoms with E-state index in [0.29, 0.717) is 9.90 Å². The van der Waals surface area contributed by atoms with Gasteiger partial charge in [0.25, 0.3) is 0 Å². The molecule has 0 spiro atoms. The zero-order valence-corrected chi connectivity index (χ0v) is 9.17. The predicted molar refractivity (Wildman–Crippen MR) is 52.0 cm³/mol. The molecule has 7 heteroatoms. The average molecular weight is 242 g/mol. The maximum absolute atomic E-state index is 10.4. The Labute approximate surface area is 85.5 Å². The lowest BCUT2D eigenvalue weighted by atomic mass is 10.3. The van der Waals surface area contributed by atoms with Gasteiger partial charge in [-0.25, -0.2) is 5.14 Å². The molecule has 74 valence electrons. The van der Waals surface area contributed by atoms with Gasteiger partial charge in [-0.15, -0.1) is 11.3 Å². The topological polar surface area (TPSA) is 69.4 Å². The molecule has 0 atom stereocenters. The highest BCUT2D eigenvalue weighted by Crippen LogP contribution is 2.27. The van der Waals surface area contributed by atoms with E-state index < -0.39 is 10.3 Å². The van der Waals surface area contributed by atoms with Crippen molar-refractivity contribution in [2.45, 2.75) is 13.5 Å². The van der Waals surface area contributed by atoms with Gasteiger partial charge in [-0.05, 0) is 17.9 Å². The maximum Gasteiger partial charge on any atom is 0.333 e. The van der Waals surface area contributed by atoms with Gasteiger partial charge in [-0.2, -0.15) is 8.42 Å². The second kappa shape index (κ2) is 3.93. The highest BCUT2D eigenvalue weighted by atomic mass is 35.5. The van der Waals surface area contributed by atoms with Gasteiger partial charge in [0.05, 0.1) is 9.90 Å². The van der Waals surface area contributed by atoms with Crippen molar-refractivity contribution in [2.24, 2.45) is 5.14 Å². The molecule has 0 amide bonds. The van der Waals surface area contributed by atoms with Crippen LogP contribution in [0.25, 0.3) is 0 Å². The van der Waals surface area contributed by atoms with Crippen molar-refractivity contribution in [1.82, 2.24) is 0 Å². The summed E-state index contributed by atoms with van der Waals surface area (Å²) < 4.78 is 25.3. The van der Waals surface area contributed by atoms with E-state index >= 15 is 0 Å². The van der Waals surface area contributed by atoms with Crippen LogP contribution in [0.15, 0.2) is 5.38 Å². The first-order valence-corrected chi connectivity index (χ1v) is 6.02. The standard InChI is InChI=1S/C6H8ClNO3S2/c1-4-3-12-5(6(4)7)2-11-13(8,9)10/h3H,2H2,1H3,(H2,8,9,10). The van der Waals surface area contributed by atoms with Gasteiger partial charge < -0.3 is 0 Å². The van der Waals surface area contributed by atoms with Crippen molar-refractivity contribution < 1.29 is 12.6 Å². The van der Waals surface area contributed by atoms with E-state index in [4.69, 9.17) is 11.6 Å². The lowest BCUT2D eigenvalue weighted by molar-refractivity contribution is 0.312. The van der Waals surface area contributed by atoms with E-state index in [-0.39, 0.29) is 6.61 Å². The van der Waals surface area contributed by atoms with Gasteiger partial charge in [0.1, 0.15) is 6.61 Å². The third kappa shape index (κ3) is 3.24. The molecule has 0 aliphatic rings. The zero-order valence-electron chi connectivity index (χ0n) is 6.78. The Hall–Kier alpha value is -0.140. The fourth-order valence-corrected chi connectivity index (χ4v) is 2.21. The van der Waals surface area contributed by atoms with Crippen LogP contribution in [0.1, 0.15) is 10.4 Å². The second-order valence-corrected chi connectivity index (χ2v) is 4.97. The Bertz CT molecular complexity index is 398. The van der Waals surface area contributed by atoms with Gasteiger partial charge in [0.2, 0.25) is 0 Å². The number of halogens is 1. The van der Waals surface area contributed by atoms with Gasteiger partial charge in [0, 0.05) is 0 Å². The monoisotopic (exact) mass is 241 g/mol. The maximum atomic E-state index is 10.4. The summed E-state index contributed by atoms with van der Waals surface area (Å²) >= 11 is 7.17. The molecule has 1 aromatic rings. The highest BCUT2D eigenvalue weighted by molar-refractivity contribution is 7.84. The van der Waals surface area contributed by atoms with Crippen molar-refractivity contribution >= 4 is 33.2 Å². The lowest BCUT2D eigenvalue weighted by Crippen LogP contribution is -2.15. The Balaban J connectivity index is 2.71. The van der Waals surface area contributed by atoms with E-state index in [2.05, 4.69) is 9.32 Å². The molecule has 0 bridgehead atoms. The number of rotatable bonds is 3. The number of aryl methyl sites for hydroxylation is 1. The molecule has 0 radical (unpaired) electrons. The van der Waals surface area contributed by atoms with E-state index in [1.807, 2.05) is 12.3 Å². The first-order chi connectivity index (χ1) is 5.90. The van der Waals surface area contributed by atoms with E-state index in [0.717, 1.165) is 5.56 Å². The van der Waals surface area contributed by atoms with Crippen LogP contribution >= 0.6 is 22.9 Å². The van der Waals surface area contributed by atoms with Gasteiger partial charge in [0.15, 0.2) is 0 Å². The van der Waals surface area contributed by atoms with Gasteiger partial charge in [-0.3, -0.25) is 4.18 Å². The first-order valence-electron chi connectivity index (χ1n) is 3.30. The van der Waals surface area contributed by atoms with Crippen LogP contribution in [0.4, 0.5) is 0 Å². The molecule has 0 aliphatic carbocycles. The predicted octanol–water partition coefficient (Wildman–Crippen LogP) is 1.43. The average Bonchev–Trinajstić information content (AvgIpc) is 2.29. The molecule has 0 saturated heterocycles. The summed E-state index contributed by atoms with van der Waals surface area (Å²) in [5.74, 6) is 0. The summed E-state index contributed by atoms with van der Waals surface area (Å²) in [7, 11) is -3.88. The molecule has 0 saturated carbocycles. The quantitative estimate of drug-likeness (QED) is 0.870. The summed E-state index contributed by atoms with van der Waals surface area (Å²) in [6.45, 7) is 1.73. The summed E-state index contributed by atoms with van der Waals surface area (Å²) in [6, 6.07) is 0. The zero-order chi connectivity index (χ0) is 10.1. The number of hydrogen-bond donors (Lipinski definition) is 1. The molecule has 1 rings (SSSR count). The van der Waals surface area contributed by atoms with Crippen LogP contribution in [0, 0.1) is 6.92 Å². The molecule has 0 aliphatic heterocycles. The molecular weight excluding hydrogens is 234 g/mol. The molecule has 2 N–H and O–H groups in total. The Morgan fingerprint density at radius 1 is 1.69 bits per heavy atom. The molecule has 0 unspecified atom stereocenters. The van der Waals surface area contributed by atoms with Crippen LogP contribution in [-0.4, -0.2) is 8.42 Å². The van der Waals surface area contributed by atoms with Crippen LogP contribution in [-0.2, 0) is 21.1 Å². The van der Waals surface area contributed by atoms with Crippen molar-refractivity contribution in [3.8, 4) is 0 Å². The molecule has 13 heavy (non-hydrogen) atoms. The van der Waals surface area contributed by atoms with Crippen molar-refractivity contribution in [1.29, 1.82) is 0 Å². The minimum atomic E-state index is -3.88. The van der Waals surface area contributed by atoms with E-state index in [9.17, 15) is 8.42 Å². The van der Waals surface area contributed by atoms with Crippen LogP contribution in [0.2, 0.25) is 5.02 Å². The van der Waals surface area contributed by atoms with Gasteiger partial charge in [-0.1, -0.05) is 11.6 Å². The minimum absolute atomic E-state index is 0.101. The van der Waals surface area contributed by atoms with E-state index in [1.165, 1.54) is 11.3 Å². The highest BCUT2D eigenvalue weighted by Gasteiger charge is 2.09.